The maximum Gasteiger partial charge on any atom is 0.312 e. The summed E-state index contributed by atoms with van der Waals surface area (Å²) < 4.78 is 5.77. The van der Waals surface area contributed by atoms with Crippen LogP contribution in [-0.2, 0) is 10.2 Å². The van der Waals surface area contributed by atoms with Crippen LogP contribution >= 0.6 is 0 Å². The normalized spacial score (nSPS) is 11.5. The highest BCUT2D eigenvalue weighted by Gasteiger charge is 2.19. The van der Waals surface area contributed by atoms with Gasteiger partial charge in [-0.25, -0.2) is 0 Å². The fourth-order valence-electron chi connectivity index (χ4n) is 3.38. The average Bonchev–Trinajstić information content (AvgIpc) is 2.80. The highest BCUT2D eigenvalue weighted by Crippen LogP contribution is 2.34. The smallest absolute Gasteiger partial charge is 0.312 e. The SMILES string of the molecule is Cc1ccc(C)c(NC(=O)C(C#N)=Cc2ccc(Oc3ccc(C(C)(C)C)cc3)c([N+](=O)[O-])c2)c1. The summed E-state index contributed by atoms with van der Waals surface area (Å²) in [6.45, 7) is 10.0. The van der Waals surface area contributed by atoms with E-state index in [0.29, 0.717) is 17.0 Å². The van der Waals surface area contributed by atoms with Crippen LogP contribution in [0.15, 0.2) is 66.2 Å². The maximum absolute atomic E-state index is 12.7. The molecule has 0 aliphatic heterocycles. The van der Waals surface area contributed by atoms with Crippen molar-refractivity contribution in [3.05, 3.63) is 98.6 Å². The van der Waals surface area contributed by atoms with Gasteiger partial charge >= 0.3 is 5.69 Å². The van der Waals surface area contributed by atoms with Crippen molar-refractivity contribution in [3.8, 4) is 17.6 Å². The average molecular weight is 470 g/mol. The van der Waals surface area contributed by atoms with E-state index in [1.165, 1.54) is 18.2 Å². The minimum absolute atomic E-state index is 0.0265. The molecule has 1 N–H and O–H groups in total. The Bertz CT molecular complexity index is 1340. The van der Waals surface area contributed by atoms with Crippen molar-refractivity contribution < 1.29 is 14.5 Å². The van der Waals surface area contributed by atoms with Crippen LogP contribution in [0.4, 0.5) is 11.4 Å². The molecule has 1 amide bonds. The third-order valence-corrected chi connectivity index (χ3v) is 5.45. The highest BCUT2D eigenvalue weighted by molar-refractivity contribution is 6.10. The lowest BCUT2D eigenvalue weighted by Crippen LogP contribution is -2.14. The Labute approximate surface area is 204 Å². The third kappa shape index (κ3) is 6.33. The summed E-state index contributed by atoms with van der Waals surface area (Å²) >= 11 is 0. The van der Waals surface area contributed by atoms with E-state index in [2.05, 4.69) is 26.1 Å². The summed E-state index contributed by atoms with van der Waals surface area (Å²) in [7, 11) is 0. The number of aryl methyl sites for hydroxylation is 2. The first kappa shape index (κ1) is 25.2. The molecule has 178 valence electrons. The monoisotopic (exact) mass is 469 g/mol. The summed E-state index contributed by atoms with van der Waals surface area (Å²) in [5.41, 5.74) is 3.40. The Morgan fingerprint density at radius 1 is 1.06 bits per heavy atom. The molecule has 3 aromatic rings. The van der Waals surface area contributed by atoms with Gasteiger partial charge in [-0.05, 0) is 71.9 Å². The minimum Gasteiger partial charge on any atom is -0.450 e. The van der Waals surface area contributed by atoms with Crippen molar-refractivity contribution in [2.45, 2.75) is 40.0 Å². The van der Waals surface area contributed by atoms with Crippen LogP contribution in [0.3, 0.4) is 0 Å². The molecule has 0 radical (unpaired) electrons. The number of nitro benzene ring substituents is 1. The van der Waals surface area contributed by atoms with E-state index < -0.39 is 10.8 Å². The van der Waals surface area contributed by atoms with Gasteiger partial charge in [0.1, 0.15) is 17.4 Å². The van der Waals surface area contributed by atoms with Gasteiger partial charge in [0, 0.05) is 11.8 Å². The first-order valence-electron chi connectivity index (χ1n) is 11.0. The van der Waals surface area contributed by atoms with E-state index in [0.717, 1.165) is 16.7 Å². The van der Waals surface area contributed by atoms with Crippen molar-refractivity contribution in [1.82, 2.24) is 0 Å². The standard InChI is InChI=1S/C28H27N3O4/c1-18-6-7-19(2)24(14-18)30-27(32)21(17-29)15-20-8-13-26(25(16-20)31(33)34)35-23-11-9-22(10-12-23)28(3,4)5/h6-16H,1-5H3,(H,30,32). The summed E-state index contributed by atoms with van der Waals surface area (Å²) in [5, 5.41) is 24.0. The van der Waals surface area contributed by atoms with E-state index in [4.69, 9.17) is 4.74 Å². The van der Waals surface area contributed by atoms with Gasteiger partial charge < -0.3 is 10.1 Å². The number of carbonyl (C=O) groups is 1. The molecule has 3 rings (SSSR count). The fourth-order valence-corrected chi connectivity index (χ4v) is 3.38. The van der Waals surface area contributed by atoms with Gasteiger partial charge in [-0.15, -0.1) is 0 Å². The molecular formula is C28H27N3O4. The Morgan fingerprint density at radius 2 is 1.74 bits per heavy atom. The lowest BCUT2D eigenvalue weighted by Gasteiger charge is -2.19. The molecular weight excluding hydrogens is 442 g/mol. The molecule has 0 unspecified atom stereocenters. The molecule has 3 aromatic carbocycles. The largest absolute Gasteiger partial charge is 0.450 e. The maximum atomic E-state index is 12.7. The Hall–Kier alpha value is -4.44. The van der Waals surface area contributed by atoms with Crippen molar-refractivity contribution in [1.29, 1.82) is 5.26 Å². The zero-order chi connectivity index (χ0) is 25.8. The van der Waals surface area contributed by atoms with Crippen molar-refractivity contribution in [3.63, 3.8) is 0 Å². The quantitative estimate of drug-likeness (QED) is 0.184. The van der Waals surface area contributed by atoms with E-state index in [9.17, 15) is 20.2 Å². The van der Waals surface area contributed by atoms with E-state index >= 15 is 0 Å². The number of amides is 1. The summed E-state index contributed by atoms with van der Waals surface area (Å²) in [6.07, 6.45) is 1.31. The molecule has 0 aliphatic carbocycles. The van der Waals surface area contributed by atoms with Gasteiger partial charge in [0.05, 0.1) is 4.92 Å². The number of nitro groups is 1. The second-order valence-corrected chi connectivity index (χ2v) is 9.30. The Kier molecular flexibility index (Phi) is 7.36. The number of nitriles is 1. The Morgan fingerprint density at radius 3 is 2.34 bits per heavy atom. The molecule has 0 aromatic heterocycles. The molecule has 7 nitrogen and oxygen atoms in total. The van der Waals surface area contributed by atoms with Crippen LogP contribution in [0.5, 0.6) is 11.5 Å². The van der Waals surface area contributed by atoms with Crippen LogP contribution < -0.4 is 10.1 Å². The fraction of sp³-hybridized carbons (Fsp3) is 0.214. The van der Waals surface area contributed by atoms with Gasteiger partial charge in [0.25, 0.3) is 5.91 Å². The molecule has 0 heterocycles. The summed E-state index contributed by atoms with van der Waals surface area (Å²) in [6, 6.07) is 19.2. The molecule has 0 bridgehead atoms. The number of carbonyl (C=O) groups excluding carboxylic acids is 1. The zero-order valence-electron chi connectivity index (χ0n) is 20.4. The van der Waals surface area contributed by atoms with Gasteiger partial charge in [-0.2, -0.15) is 5.26 Å². The van der Waals surface area contributed by atoms with Crippen LogP contribution in [0.1, 0.15) is 43.0 Å². The molecule has 0 aliphatic rings. The first-order chi connectivity index (χ1) is 16.5. The number of benzene rings is 3. The van der Waals surface area contributed by atoms with Crippen molar-refractivity contribution in [2.75, 3.05) is 5.32 Å². The lowest BCUT2D eigenvalue weighted by atomic mass is 9.87. The molecule has 0 atom stereocenters. The molecule has 35 heavy (non-hydrogen) atoms. The van der Waals surface area contributed by atoms with Gasteiger partial charge in [0.2, 0.25) is 5.75 Å². The number of hydrogen-bond acceptors (Lipinski definition) is 5. The number of anilines is 1. The highest BCUT2D eigenvalue weighted by atomic mass is 16.6. The van der Waals surface area contributed by atoms with Crippen LogP contribution in [0.25, 0.3) is 6.08 Å². The van der Waals surface area contributed by atoms with Crippen molar-refractivity contribution in [2.24, 2.45) is 0 Å². The van der Waals surface area contributed by atoms with Gasteiger partial charge in [-0.3, -0.25) is 14.9 Å². The first-order valence-corrected chi connectivity index (χ1v) is 11.0. The van der Waals surface area contributed by atoms with Gasteiger partial charge in [-0.1, -0.05) is 51.1 Å². The number of ether oxygens (including phenoxy) is 1. The van der Waals surface area contributed by atoms with Crippen LogP contribution in [-0.4, -0.2) is 10.8 Å². The zero-order valence-corrected chi connectivity index (χ0v) is 20.4. The second-order valence-electron chi connectivity index (χ2n) is 9.30. The molecule has 0 saturated carbocycles. The predicted molar refractivity (Wildman–Crippen MR) is 136 cm³/mol. The van der Waals surface area contributed by atoms with E-state index in [-0.39, 0.29) is 22.4 Å². The summed E-state index contributed by atoms with van der Waals surface area (Å²) in [4.78, 5) is 23.8. The van der Waals surface area contributed by atoms with Crippen LogP contribution in [0, 0.1) is 35.3 Å². The lowest BCUT2D eigenvalue weighted by molar-refractivity contribution is -0.385. The number of rotatable bonds is 6. The third-order valence-electron chi connectivity index (χ3n) is 5.45. The number of hydrogen-bond donors (Lipinski definition) is 1. The van der Waals surface area contributed by atoms with E-state index in [1.54, 1.807) is 18.2 Å². The number of nitrogens with zero attached hydrogens (tertiary/aromatic N) is 2. The summed E-state index contributed by atoms with van der Waals surface area (Å²) in [5.74, 6) is -0.0628. The predicted octanol–water partition coefficient (Wildman–Crippen LogP) is 6.85. The van der Waals surface area contributed by atoms with Crippen molar-refractivity contribution >= 4 is 23.4 Å². The minimum atomic E-state index is -0.594. The number of nitrogens with one attached hydrogen (secondary N) is 1. The van der Waals surface area contributed by atoms with Crippen LogP contribution in [0.2, 0.25) is 0 Å². The Balaban J connectivity index is 1.86. The molecule has 0 saturated heterocycles. The molecule has 7 heteroatoms. The molecule has 0 fully saturated rings. The topological polar surface area (TPSA) is 105 Å². The second kappa shape index (κ2) is 10.2. The van der Waals surface area contributed by atoms with Gasteiger partial charge in [0.15, 0.2) is 0 Å². The van der Waals surface area contributed by atoms with E-state index in [1.807, 2.05) is 50.2 Å². The molecule has 0 spiro atoms.